The molecule has 0 fully saturated rings. The van der Waals surface area contributed by atoms with Crippen molar-refractivity contribution in [2.45, 2.75) is 139 Å². The number of aliphatic hydroxyl groups is 1. The summed E-state index contributed by atoms with van der Waals surface area (Å²) in [7, 11) is -1.88. The van der Waals surface area contributed by atoms with Gasteiger partial charge in [-0.05, 0) is 60.5 Å². The third-order valence-electron chi connectivity index (χ3n) is 11.2. The van der Waals surface area contributed by atoms with E-state index >= 15 is 0 Å². The minimum atomic E-state index is -1.88. The van der Waals surface area contributed by atoms with Gasteiger partial charge in [0.2, 0.25) is 0 Å². The smallest absolute Gasteiger partial charge is 0.162 e. The van der Waals surface area contributed by atoms with Crippen molar-refractivity contribution in [3.8, 4) is 11.3 Å². The molecule has 307 valence electrons. The van der Waals surface area contributed by atoms with E-state index in [1.165, 1.54) is 55.3 Å². The standard InChI is InChI=1S/C36H45N2SSi.C13H24O2.Ir/c1-23(2)19-40(20-24(3)4,21-25(5)6)32-17-27(16-26-12-10-11-13-29(26)32)33-35-34(38-22-37-33)30-15-14-28(36(7,8)9)18-31(30)39-35;1-5-10(6-2)12(14)9-13(15)11(7-3)8-4;/h10-15,17-18,22-25H,19-21H2,1-9H3;9-11,14H,5-8H2,1-4H3;/q-1;;/b;12-9-;. The second-order valence-corrected chi connectivity index (χ2v) is 23.6. The van der Waals surface area contributed by atoms with Gasteiger partial charge < -0.3 is 5.11 Å². The number of hydrogen-bond donors (Lipinski definition) is 1. The first kappa shape index (κ1) is 47.7. The molecular formula is C49H69IrN2O2SSi-. The van der Waals surface area contributed by atoms with E-state index in [4.69, 9.17) is 9.97 Å². The van der Waals surface area contributed by atoms with Gasteiger partial charge in [-0.3, -0.25) is 9.78 Å². The summed E-state index contributed by atoms with van der Waals surface area (Å²) in [4.78, 5) is 21.4. The number of ketones is 1. The van der Waals surface area contributed by atoms with Crippen molar-refractivity contribution in [1.29, 1.82) is 0 Å². The summed E-state index contributed by atoms with van der Waals surface area (Å²) in [5.74, 6) is 2.55. The second-order valence-electron chi connectivity index (χ2n) is 18.2. The number of aromatic nitrogens is 2. The van der Waals surface area contributed by atoms with Crippen molar-refractivity contribution in [3.05, 3.63) is 78.3 Å². The van der Waals surface area contributed by atoms with Gasteiger partial charge in [-0.15, -0.1) is 40.1 Å². The number of hydrogen-bond acceptors (Lipinski definition) is 5. The molecule has 4 nitrogen and oxygen atoms in total. The number of benzene rings is 3. The quantitative estimate of drug-likeness (QED) is 0.0491. The fourth-order valence-corrected chi connectivity index (χ4v) is 17.0. The molecular weight excluding hydrogens is 901 g/mol. The maximum atomic E-state index is 11.7. The van der Waals surface area contributed by atoms with Crippen molar-refractivity contribution in [3.63, 3.8) is 0 Å². The molecule has 0 aliphatic heterocycles. The minimum absolute atomic E-state index is 0. The van der Waals surface area contributed by atoms with Crippen molar-refractivity contribution in [2.75, 3.05) is 0 Å². The number of nitrogens with zero attached hydrogens (tertiary/aromatic N) is 2. The summed E-state index contributed by atoms with van der Waals surface area (Å²) in [5, 5.41) is 15.2. The van der Waals surface area contributed by atoms with E-state index in [1.807, 2.05) is 39.0 Å². The van der Waals surface area contributed by atoms with Gasteiger partial charge in [0.05, 0.1) is 19.3 Å². The van der Waals surface area contributed by atoms with Crippen LogP contribution in [0.4, 0.5) is 0 Å². The summed E-state index contributed by atoms with van der Waals surface area (Å²) in [6.07, 6.45) is 6.66. The molecule has 0 aliphatic carbocycles. The first-order valence-corrected chi connectivity index (χ1v) is 24.5. The first-order chi connectivity index (χ1) is 26.0. The van der Waals surface area contributed by atoms with Gasteiger partial charge in [0.15, 0.2) is 5.78 Å². The van der Waals surface area contributed by atoms with E-state index in [2.05, 4.69) is 117 Å². The molecule has 3 aromatic carbocycles. The molecule has 1 N–H and O–H groups in total. The largest absolute Gasteiger partial charge is 0.512 e. The molecule has 0 aliphatic rings. The molecule has 7 heteroatoms. The monoisotopic (exact) mass is 970 g/mol. The van der Waals surface area contributed by atoms with E-state index in [9.17, 15) is 9.90 Å². The molecule has 2 aromatic heterocycles. The van der Waals surface area contributed by atoms with Crippen LogP contribution in [0.2, 0.25) is 18.1 Å². The molecule has 0 amide bonds. The Kier molecular flexibility index (Phi) is 17.7. The summed E-state index contributed by atoms with van der Waals surface area (Å²) < 4.78 is 2.46. The fraction of sp³-hybridized carbons (Fsp3) is 0.531. The normalized spacial score (nSPS) is 12.7. The van der Waals surface area contributed by atoms with E-state index in [-0.39, 0.29) is 48.9 Å². The Morgan fingerprint density at radius 2 is 1.38 bits per heavy atom. The zero-order valence-corrected chi connectivity index (χ0v) is 40.8. The Labute approximate surface area is 357 Å². The summed E-state index contributed by atoms with van der Waals surface area (Å²) in [5.41, 5.74) is 4.67. The molecule has 0 saturated heterocycles. The topological polar surface area (TPSA) is 63.1 Å². The fourth-order valence-electron chi connectivity index (χ4n) is 8.73. The number of allylic oxidation sites excluding steroid dienone is 2. The van der Waals surface area contributed by atoms with Gasteiger partial charge >= 0.3 is 0 Å². The number of carbonyl (C=O) groups excluding carboxylic acids is 1. The van der Waals surface area contributed by atoms with Crippen molar-refractivity contribution in [2.24, 2.45) is 29.6 Å². The summed E-state index contributed by atoms with van der Waals surface area (Å²) in [6, 6.07) is 26.1. The maximum absolute atomic E-state index is 11.7. The Balaban J connectivity index is 0.000000448. The molecule has 0 atom stereocenters. The number of rotatable bonds is 15. The molecule has 2 heterocycles. The van der Waals surface area contributed by atoms with Crippen molar-refractivity contribution < 1.29 is 30.0 Å². The van der Waals surface area contributed by atoms with E-state index < -0.39 is 8.07 Å². The zero-order chi connectivity index (χ0) is 40.7. The van der Waals surface area contributed by atoms with Crippen LogP contribution in [0.3, 0.4) is 0 Å². The maximum Gasteiger partial charge on any atom is 0.162 e. The predicted octanol–water partition coefficient (Wildman–Crippen LogP) is 14.3. The Morgan fingerprint density at radius 1 is 0.804 bits per heavy atom. The molecule has 0 unspecified atom stereocenters. The van der Waals surface area contributed by atoms with Gasteiger partial charge in [-0.2, -0.15) is 0 Å². The summed E-state index contributed by atoms with van der Waals surface area (Å²) in [6.45, 7) is 29.4. The average molecular weight is 970 g/mol. The van der Waals surface area contributed by atoms with E-state index in [0.717, 1.165) is 42.5 Å². The number of aliphatic hydroxyl groups excluding tert-OH is 1. The average Bonchev–Trinajstić information content (AvgIpc) is 3.49. The molecule has 5 aromatic rings. The third kappa shape index (κ3) is 11.5. The van der Waals surface area contributed by atoms with Crippen molar-refractivity contribution >= 4 is 61.5 Å². The molecule has 1 radical (unpaired) electrons. The van der Waals surface area contributed by atoms with Crippen LogP contribution in [0.25, 0.3) is 42.3 Å². The van der Waals surface area contributed by atoms with Gasteiger partial charge in [-0.25, -0.2) is 4.98 Å². The van der Waals surface area contributed by atoms with E-state index in [0.29, 0.717) is 17.8 Å². The Morgan fingerprint density at radius 3 is 1.91 bits per heavy atom. The third-order valence-corrected chi connectivity index (χ3v) is 18.7. The van der Waals surface area contributed by atoms with Crippen LogP contribution in [-0.2, 0) is 30.3 Å². The van der Waals surface area contributed by atoms with Gasteiger partial charge in [-0.1, -0.05) is 149 Å². The number of thiophene rings is 1. The Bertz CT molecular complexity index is 2040. The van der Waals surface area contributed by atoms with Crippen LogP contribution in [0.1, 0.15) is 121 Å². The van der Waals surface area contributed by atoms with Crippen LogP contribution in [0.15, 0.2) is 66.7 Å². The number of carbonyl (C=O) groups is 1. The van der Waals surface area contributed by atoms with Crippen LogP contribution < -0.4 is 5.19 Å². The Hall–Kier alpha value is -2.70. The van der Waals surface area contributed by atoms with Gasteiger partial charge in [0, 0.05) is 58.5 Å². The molecule has 0 bridgehead atoms. The molecule has 0 spiro atoms. The summed E-state index contributed by atoms with van der Waals surface area (Å²) >= 11 is 1.83. The van der Waals surface area contributed by atoms with Gasteiger partial charge in [0.1, 0.15) is 6.33 Å². The van der Waals surface area contributed by atoms with Crippen LogP contribution in [-0.4, -0.2) is 28.9 Å². The van der Waals surface area contributed by atoms with Crippen LogP contribution in [0.5, 0.6) is 0 Å². The van der Waals surface area contributed by atoms with Gasteiger partial charge in [0.25, 0.3) is 0 Å². The predicted molar refractivity (Wildman–Crippen MR) is 244 cm³/mol. The zero-order valence-electron chi connectivity index (χ0n) is 36.6. The number of fused-ring (bicyclic) bond motifs is 4. The molecule has 0 saturated carbocycles. The van der Waals surface area contributed by atoms with Crippen LogP contribution in [0, 0.1) is 35.7 Å². The van der Waals surface area contributed by atoms with E-state index in [1.54, 1.807) is 11.5 Å². The van der Waals surface area contributed by atoms with Crippen LogP contribution >= 0.6 is 11.3 Å². The first-order valence-electron chi connectivity index (χ1n) is 21.1. The van der Waals surface area contributed by atoms with Crippen molar-refractivity contribution in [1.82, 2.24) is 9.97 Å². The minimum Gasteiger partial charge on any atom is -0.512 e. The molecule has 56 heavy (non-hydrogen) atoms. The second kappa shape index (κ2) is 20.8. The SMILES string of the molecule is CC(C)C[Si](CC(C)C)(CC(C)C)c1cc(-c2ncnc3c2sc2cc(C(C)(C)C)ccc23)[c-]c2ccccc12.CCC(CC)C(=O)/C=C(\O)C(CC)CC.[Ir]. The molecule has 5 rings (SSSR count).